The Balaban J connectivity index is 0.000000129. The summed E-state index contributed by atoms with van der Waals surface area (Å²) in [4.78, 5) is 4.50. The molecule has 5 aromatic heterocycles. The number of hydrogen-bond donors (Lipinski definition) is 0. The smallest absolute Gasteiger partial charge is 0.227 e. The van der Waals surface area contributed by atoms with Gasteiger partial charge in [-0.05, 0) is 144 Å². The molecule has 4 nitrogen and oxygen atoms in total. The second kappa shape index (κ2) is 23.4. The van der Waals surface area contributed by atoms with Crippen molar-refractivity contribution < 1.29 is 13.3 Å². The third-order valence-electron chi connectivity index (χ3n) is 16.4. The number of rotatable bonds is 0. The van der Waals surface area contributed by atoms with Crippen LogP contribution in [0.5, 0.6) is 0 Å². The number of fused-ring (bicyclic) bond motifs is 12. The molecule has 0 aliphatic heterocycles. The van der Waals surface area contributed by atoms with E-state index in [-0.39, 0.29) is 27.1 Å². The number of aryl methyl sites for hydroxylation is 7. The van der Waals surface area contributed by atoms with Crippen LogP contribution in [-0.4, -0.2) is 4.98 Å². The van der Waals surface area contributed by atoms with Gasteiger partial charge in [-0.1, -0.05) is 231 Å². The second-order valence-electron chi connectivity index (χ2n) is 28.8. The summed E-state index contributed by atoms with van der Waals surface area (Å²) in [6.45, 7) is 48.7. The van der Waals surface area contributed by atoms with E-state index < -0.39 is 0 Å². The summed E-state index contributed by atoms with van der Waals surface area (Å²) < 4.78 is 21.2. The van der Waals surface area contributed by atoms with E-state index in [1.54, 1.807) is 0 Å². The van der Waals surface area contributed by atoms with Gasteiger partial charge < -0.3 is 13.3 Å². The van der Waals surface area contributed by atoms with E-state index >= 15 is 0 Å². The lowest BCUT2D eigenvalue weighted by Gasteiger charge is -2.22. The van der Waals surface area contributed by atoms with Crippen molar-refractivity contribution in [3.63, 3.8) is 0 Å². The van der Waals surface area contributed by atoms with Gasteiger partial charge in [-0.15, -0.1) is 11.3 Å². The van der Waals surface area contributed by atoms with Crippen LogP contribution in [0.2, 0.25) is 0 Å². The number of hydrogen-bond acceptors (Lipinski definition) is 5. The Labute approximate surface area is 510 Å². The van der Waals surface area contributed by atoms with Gasteiger partial charge in [0.25, 0.3) is 0 Å². The molecule has 0 unspecified atom stereocenters. The zero-order valence-electron chi connectivity index (χ0n) is 55.0. The maximum atomic E-state index is 6.22. The maximum absolute atomic E-state index is 6.22. The van der Waals surface area contributed by atoms with Crippen molar-refractivity contribution in [2.75, 3.05) is 0 Å². The molecule has 0 aliphatic rings. The standard InChI is InChI=1S/C18H20O.C17H19NO.C17H18O.C17H18S.C11H16/c1-11-9-10-14-13-8-6-7-12(2)16(13)19-17(14)15(11)18(3,4)5;1-10-6-8-12-13-9-7-11(2)18-16(13)19-15(12)14(10)17(3,4)5;2*1-11-9-10-13-12-7-5-6-8-14(12)18-16(13)15(11)17(2,3)4;1-9-7-5-6-8-10(9)11(2,3)4/h6-10H,1-5H3;6-9H,1-5H3;2*5-10H,1-4H3;5-8H,1-4H3. The van der Waals surface area contributed by atoms with Crippen molar-refractivity contribution in [2.24, 2.45) is 0 Å². The molecule has 0 N–H and O–H groups in total. The normalized spacial score (nSPS) is 12.4. The first kappa shape index (κ1) is 62.1. The van der Waals surface area contributed by atoms with Crippen LogP contribution in [0.1, 0.15) is 171 Å². The van der Waals surface area contributed by atoms with Crippen LogP contribution in [0.3, 0.4) is 0 Å². The molecule has 0 bridgehead atoms. The molecule has 0 aliphatic carbocycles. The fourth-order valence-electron chi connectivity index (χ4n) is 12.9. The maximum Gasteiger partial charge on any atom is 0.227 e. The van der Waals surface area contributed by atoms with Crippen LogP contribution < -0.4 is 0 Å². The second-order valence-corrected chi connectivity index (χ2v) is 29.8. The highest BCUT2D eigenvalue weighted by Crippen LogP contribution is 2.44. The van der Waals surface area contributed by atoms with Gasteiger partial charge in [-0.25, -0.2) is 4.98 Å². The number of aromatic nitrogens is 1. The van der Waals surface area contributed by atoms with Gasteiger partial charge in [0.1, 0.15) is 27.9 Å². The molecule has 5 heterocycles. The Morgan fingerprint density at radius 3 is 1.25 bits per heavy atom. The van der Waals surface area contributed by atoms with Gasteiger partial charge in [0.05, 0.1) is 0 Å². The van der Waals surface area contributed by atoms with E-state index in [9.17, 15) is 0 Å². The minimum absolute atomic E-state index is 0.0620. The summed E-state index contributed by atoms with van der Waals surface area (Å²) in [7, 11) is 0. The summed E-state index contributed by atoms with van der Waals surface area (Å²) in [5.41, 5.74) is 22.3. The van der Waals surface area contributed by atoms with Crippen molar-refractivity contribution in [1.82, 2.24) is 4.98 Å². The van der Waals surface area contributed by atoms with E-state index in [1.807, 2.05) is 36.5 Å². The molecule has 8 aromatic carbocycles. The fraction of sp³-hybridized carbons (Fsp3) is 0.338. The number of para-hydroxylation sites is 2. The van der Waals surface area contributed by atoms with Crippen LogP contribution in [0.25, 0.3) is 86.1 Å². The van der Waals surface area contributed by atoms with Crippen molar-refractivity contribution >= 4 is 97.5 Å². The zero-order valence-corrected chi connectivity index (χ0v) is 55.8. The average molecular weight is 1150 g/mol. The van der Waals surface area contributed by atoms with Crippen LogP contribution in [-0.2, 0) is 27.1 Å². The van der Waals surface area contributed by atoms with Crippen molar-refractivity contribution in [2.45, 2.75) is 179 Å². The fourth-order valence-corrected chi connectivity index (χ4v) is 14.4. The molecule has 0 fully saturated rings. The highest BCUT2D eigenvalue weighted by Gasteiger charge is 2.27. The van der Waals surface area contributed by atoms with Gasteiger partial charge in [0, 0.05) is 74.9 Å². The van der Waals surface area contributed by atoms with Crippen LogP contribution >= 0.6 is 11.3 Å². The lowest BCUT2D eigenvalue weighted by atomic mass is 9.83. The van der Waals surface area contributed by atoms with Crippen molar-refractivity contribution in [3.05, 3.63) is 219 Å². The molecule has 13 rings (SSSR count). The Kier molecular flexibility index (Phi) is 17.1. The van der Waals surface area contributed by atoms with Crippen LogP contribution in [0.4, 0.5) is 0 Å². The SMILES string of the molecule is Cc1ccc2c(n1)oc1c(C(C)(C)C)c(C)ccc12.Cc1ccc2c(oc3c(C)cccc32)c1C(C)(C)C.Cc1ccc2c(oc3ccccc32)c1C(C)(C)C.Cc1ccc2c(sc3ccccc32)c1C(C)(C)C.Cc1ccccc1C(C)(C)C. The minimum Gasteiger partial charge on any atom is -0.456 e. The number of thiophene rings is 1. The Morgan fingerprint density at radius 1 is 0.294 bits per heavy atom. The molecule has 0 spiro atoms. The Morgan fingerprint density at radius 2 is 0.706 bits per heavy atom. The van der Waals surface area contributed by atoms with Crippen LogP contribution in [0.15, 0.2) is 165 Å². The summed E-state index contributed by atoms with van der Waals surface area (Å²) in [5.74, 6) is 0. The quantitative estimate of drug-likeness (QED) is 0.152. The number of benzene rings is 8. The highest BCUT2D eigenvalue weighted by molar-refractivity contribution is 7.26. The predicted molar refractivity (Wildman–Crippen MR) is 371 cm³/mol. The molecule has 85 heavy (non-hydrogen) atoms. The molecule has 0 atom stereocenters. The van der Waals surface area contributed by atoms with Crippen molar-refractivity contribution in [3.8, 4) is 0 Å². The third-order valence-corrected chi connectivity index (χ3v) is 17.6. The first-order chi connectivity index (χ1) is 39.7. The Bertz CT molecular complexity index is 4440. The highest BCUT2D eigenvalue weighted by atomic mass is 32.1. The summed E-state index contributed by atoms with van der Waals surface area (Å²) in [5, 5.41) is 9.95. The molecular formula is C80H91NO3S. The first-order valence-corrected chi connectivity index (χ1v) is 31.2. The average Bonchev–Trinajstić information content (AvgIpc) is 1.78. The summed E-state index contributed by atoms with van der Waals surface area (Å²) in [6.07, 6.45) is 0. The largest absolute Gasteiger partial charge is 0.456 e. The molecular weight excluding hydrogens is 1050 g/mol. The zero-order chi connectivity index (χ0) is 61.9. The monoisotopic (exact) mass is 1150 g/mol. The molecule has 5 heteroatoms. The predicted octanol–water partition coefficient (Wildman–Crippen LogP) is 24.5. The Hall–Kier alpha value is -7.47. The van der Waals surface area contributed by atoms with Crippen LogP contribution in [0, 0.1) is 48.5 Å². The summed E-state index contributed by atoms with van der Waals surface area (Å²) in [6, 6.07) is 53.6. The molecule has 0 saturated carbocycles. The molecule has 0 radical (unpaired) electrons. The lowest BCUT2D eigenvalue weighted by molar-refractivity contribution is 0.566. The number of pyridine rings is 1. The van der Waals surface area contributed by atoms with E-state index in [4.69, 9.17) is 13.3 Å². The van der Waals surface area contributed by atoms with Gasteiger partial charge in [-0.2, -0.15) is 0 Å². The number of furan rings is 3. The van der Waals surface area contributed by atoms with Gasteiger partial charge in [-0.3, -0.25) is 0 Å². The van der Waals surface area contributed by atoms with Gasteiger partial charge in [0.15, 0.2) is 0 Å². The molecule has 440 valence electrons. The first-order valence-electron chi connectivity index (χ1n) is 30.4. The summed E-state index contributed by atoms with van der Waals surface area (Å²) >= 11 is 1.93. The van der Waals surface area contributed by atoms with Gasteiger partial charge in [0.2, 0.25) is 5.71 Å². The van der Waals surface area contributed by atoms with Gasteiger partial charge >= 0.3 is 0 Å². The number of nitrogens with zero attached hydrogens (tertiary/aromatic N) is 1. The van der Waals surface area contributed by atoms with E-state index in [0.717, 1.165) is 50.1 Å². The van der Waals surface area contributed by atoms with Crippen molar-refractivity contribution in [1.29, 1.82) is 0 Å². The minimum atomic E-state index is 0.0620. The molecule has 13 aromatic rings. The van der Waals surface area contributed by atoms with E-state index in [2.05, 4.69) is 284 Å². The topological polar surface area (TPSA) is 52.3 Å². The molecule has 0 saturated heterocycles. The lowest BCUT2D eigenvalue weighted by Crippen LogP contribution is -2.13. The third kappa shape index (κ3) is 12.8. The van der Waals surface area contributed by atoms with E-state index in [0.29, 0.717) is 0 Å². The van der Waals surface area contributed by atoms with E-state index in [1.165, 1.54) is 103 Å². The molecule has 0 amide bonds.